The van der Waals surface area contributed by atoms with Crippen molar-refractivity contribution in [1.29, 1.82) is 0 Å². The molecule has 0 radical (unpaired) electrons. The zero-order chi connectivity index (χ0) is 13.9. The summed E-state index contributed by atoms with van der Waals surface area (Å²) in [6, 6.07) is 8.50. The largest absolute Gasteiger partial charge is 0.469 e. The highest BCUT2D eigenvalue weighted by atomic mass is 16.5. The number of benzene rings is 1. The van der Waals surface area contributed by atoms with E-state index in [4.69, 9.17) is 9.47 Å². The van der Waals surface area contributed by atoms with E-state index in [1.807, 2.05) is 6.08 Å². The second-order valence-corrected chi connectivity index (χ2v) is 5.59. The molecule has 2 atom stereocenters. The molecule has 0 unspecified atom stereocenters. The van der Waals surface area contributed by atoms with Gasteiger partial charge in [0.05, 0.1) is 25.2 Å². The topological polar surface area (TPSA) is 35.5 Å². The molecule has 3 nitrogen and oxygen atoms in total. The molecular weight excluding hydrogens is 252 g/mol. The summed E-state index contributed by atoms with van der Waals surface area (Å²) in [5.74, 6) is -0.184. The van der Waals surface area contributed by atoms with Crippen LogP contribution in [0.1, 0.15) is 24.0 Å². The number of hydrogen-bond acceptors (Lipinski definition) is 3. The van der Waals surface area contributed by atoms with Crippen molar-refractivity contribution < 1.29 is 14.3 Å². The van der Waals surface area contributed by atoms with Crippen molar-refractivity contribution in [2.24, 2.45) is 5.92 Å². The average Bonchev–Trinajstić information content (AvgIpc) is 2.88. The molecule has 2 aliphatic rings. The van der Waals surface area contributed by atoms with Crippen LogP contribution in [0.5, 0.6) is 0 Å². The monoisotopic (exact) mass is 272 g/mol. The van der Waals surface area contributed by atoms with Crippen molar-refractivity contribution in [3.63, 3.8) is 0 Å². The SMILES string of the molecule is COC(=O)[C@@H]1CC=C[C@H](OC2Cc3ccccc3C2)C1. The molecule has 1 aromatic carbocycles. The highest BCUT2D eigenvalue weighted by Crippen LogP contribution is 2.28. The third-order valence-electron chi connectivity index (χ3n) is 4.20. The fourth-order valence-corrected chi connectivity index (χ4v) is 3.17. The Hall–Kier alpha value is -1.61. The van der Waals surface area contributed by atoms with E-state index in [9.17, 15) is 4.79 Å². The van der Waals surface area contributed by atoms with Crippen molar-refractivity contribution in [1.82, 2.24) is 0 Å². The van der Waals surface area contributed by atoms with Gasteiger partial charge in [-0.3, -0.25) is 4.79 Å². The van der Waals surface area contributed by atoms with E-state index in [1.54, 1.807) is 0 Å². The highest BCUT2D eigenvalue weighted by Gasteiger charge is 2.29. The van der Waals surface area contributed by atoms with Crippen LogP contribution >= 0.6 is 0 Å². The maximum atomic E-state index is 11.6. The van der Waals surface area contributed by atoms with Crippen LogP contribution in [0.2, 0.25) is 0 Å². The van der Waals surface area contributed by atoms with Gasteiger partial charge in [-0.15, -0.1) is 0 Å². The summed E-state index contributed by atoms with van der Waals surface area (Å²) in [4.78, 5) is 11.6. The maximum absolute atomic E-state index is 11.6. The van der Waals surface area contributed by atoms with Gasteiger partial charge in [-0.2, -0.15) is 0 Å². The van der Waals surface area contributed by atoms with Gasteiger partial charge in [0.1, 0.15) is 0 Å². The molecule has 0 amide bonds. The summed E-state index contributed by atoms with van der Waals surface area (Å²) in [6.07, 6.45) is 7.84. The molecule has 3 heteroatoms. The maximum Gasteiger partial charge on any atom is 0.309 e. The standard InChI is InChI=1S/C17H20O3/c1-19-17(18)14-7-4-8-15(11-14)20-16-9-12-5-2-3-6-13(12)10-16/h2-6,8,14-16H,7,9-11H2,1H3/t14-,15+/m1/s1. The lowest BCUT2D eigenvalue weighted by Crippen LogP contribution is -2.29. The number of allylic oxidation sites excluding steroid dienone is 1. The smallest absolute Gasteiger partial charge is 0.309 e. The number of fused-ring (bicyclic) bond motifs is 1. The third-order valence-corrected chi connectivity index (χ3v) is 4.20. The molecule has 20 heavy (non-hydrogen) atoms. The van der Waals surface area contributed by atoms with E-state index >= 15 is 0 Å². The van der Waals surface area contributed by atoms with Gasteiger partial charge in [-0.05, 0) is 36.8 Å². The quantitative estimate of drug-likeness (QED) is 0.627. The summed E-state index contributed by atoms with van der Waals surface area (Å²) < 4.78 is 11.0. The van der Waals surface area contributed by atoms with Crippen LogP contribution in [0.15, 0.2) is 36.4 Å². The first-order valence-electron chi connectivity index (χ1n) is 7.23. The number of carbonyl (C=O) groups excluding carboxylic acids is 1. The first-order chi connectivity index (χ1) is 9.76. The number of ether oxygens (including phenoxy) is 2. The van der Waals surface area contributed by atoms with Crippen molar-refractivity contribution >= 4 is 5.97 Å². The van der Waals surface area contributed by atoms with E-state index in [-0.39, 0.29) is 24.1 Å². The first kappa shape index (κ1) is 13.4. The van der Waals surface area contributed by atoms with Crippen LogP contribution in [0.3, 0.4) is 0 Å². The molecule has 1 aromatic rings. The fraction of sp³-hybridized carbons (Fsp3) is 0.471. The Labute approximate surface area is 119 Å². The molecule has 0 aromatic heterocycles. The number of hydrogen-bond donors (Lipinski definition) is 0. The van der Waals surface area contributed by atoms with Gasteiger partial charge < -0.3 is 9.47 Å². The van der Waals surface area contributed by atoms with E-state index in [0.29, 0.717) is 0 Å². The van der Waals surface area contributed by atoms with E-state index in [0.717, 1.165) is 25.7 Å². The Morgan fingerprint density at radius 2 is 1.90 bits per heavy atom. The number of rotatable bonds is 3. The van der Waals surface area contributed by atoms with E-state index in [2.05, 4.69) is 30.3 Å². The Bertz CT molecular complexity index is 496. The van der Waals surface area contributed by atoms with E-state index in [1.165, 1.54) is 18.2 Å². The van der Waals surface area contributed by atoms with Crippen molar-refractivity contribution in [3.05, 3.63) is 47.5 Å². The van der Waals surface area contributed by atoms with Crippen molar-refractivity contribution in [2.45, 2.75) is 37.9 Å². The zero-order valence-electron chi connectivity index (χ0n) is 11.7. The molecular formula is C17H20O3. The Kier molecular flexibility index (Phi) is 3.88. The van der Waals surface area contributed by atoms with Gasteiger partial charge in [-0.25, -0.2) is 0 Å². The molecule has 0 fully saturated rings. The number of methoxy groups -OCH3 is 1. The second-order valence-electron chi connectivity index (χ2n) is 5.59. The van der Waals surface area contributed by atoms with Gasteiger partial charge in [0.2, 0.25) is 0 Å². The Morgan fingerprint density at radius 3 is 2.55 bits per heavy atom. The molecule has 0 N–H and O–H groups in total. The summed E-state index contributed by atoms with van der Waals surface area (Å²) in [5, 5.41) is 0. The summed E-state index contributed by atoms with van der Waals surface area (Å²) in [5.41, 5.74) is 2.78. The number of esters is 1. The molecule has 0 saturated carbocycles. The van der Waals surface area contributed by atoms with Crippen molar-refractivity contribution in [3.8, 4) is 0 Å². The van der Waals surface area contributed by atoms with Crippen LogP contribution in [-0.4, -0.2) is 25.3 Å². The van der Waals surface area contributed by atoms with Crippen LogP contribution in [0.25, 0.3) is 0 Å². The van der Waals surface area contributed by atoms with Gasteiger partial charge in [0.25, 0.3) is 0 Å². The molecule has 0 heterocycles. The Balaban J connectivity index is 1.59. The van der Waals surface area contributed by atoms with Gasteiger partial charge >= 0.3 is 5.97 Å². The molecule has 0 aliphatic heterocycles. The summed E-state index contributed by atoms with van der Waals surface area (Å²) in [6.45, 7) is 0. The van der Waals surface area contributed by atoms with Crippen LogP contribution < -0.4 is 0 Å². The van der Waals surface area contributed by atoms with E-state index < -0.39 is 0 Å². The number of carbonyl (C=O) groups is 1. The predicted octanol–water partition coefficient (Wildman–Crippen LogP) is 2.68. The van der Waals surface area contributed by atoms with Crippen LogP contribution in [0.4, 0.5) is 0 Å². The molecule has 0 spiro atoms. The van der Waals surface area contributed by atoms with Crippen molar-refractivity contribution in [2.75, 3.05) is 7.11 Å². The van der Waals surface area contributed by atoms with Crippen LogP contribution in [0, 0.1) is 5.92 Å². The summed E-state index contributed by atoms with van der Waals surface area (Å²) >= 11 is 0. The lowest BCUT2D eigenvalue weighted by molar-refractivity contribution is -0.147. The highest BCUT2D eigenvalue weighted by molar-refractivity contribution is 5.72. The molecule has 2 aliphatic carbocycles. The lowest BCUT2D eigenvalue weighted by Gasteiger charge is -2.25. The normalized spacial score (nSPS) is 25.4. The second kappa shape index (κ2) is 5.80. The fourth-order valence-electron chi connectivity index (χ4n) is 3.17. The molecule has 0 bridgehead atoms. The van der Waals surface area contributed by atoms with Gasteiger partial charge in [0.15, 0.2) is 0 Å². The Morgan fingerprint density at radius 1 is 1.20 bits per heavy atom. The van der Waals surface area contributed by atoms with Gasteiger partial charge in [-0.1, -0.05) is 36.4 Å². The predicted molar refractivity (Wildman–Crippen MR) is 76.4 cm³/mol. The minimum absolute atomic E-state index is 0.0344. The minimum atomic E-state index is -0.127. The average molecular weight is 272 g/mol. The molecule has 3 rings (SSSR count). The first-order valence-corrected chi connectivity index (χ1v) is 7.23. The van der Waals surface area contributed by atoms with Crippen LogP contribution in [-0.2, 0) is 27.1 Å². The van der Waals surface area contributed by atoms with Gasteiger partial charge in [0, 0.05) is 0 Å². The third kappa shape index (κ3) is 2.78. The molecule has 0 saturated heterocycles. The summed E-state index contributed by atoms with van der Waals surface area (Å²) in [7, 11) is 1.45. The molecule has 106 valence electrons. The minimum Gasteiger partial charge on any atom is -0.469 e. The zero-order valence-corrected chi connectivity index (χ0v) is 11.7. The lowest BCUT2D eigenvalue weighted by atomic mass is 9.92.